The van der Waals surface area contributed by atoms with Gasteiger partial charge in [-0.25, -0.2) is 4.79 Å². The van der Waals surface area contributed by atoms with E-state index in [1.54, 1.807) is 0 Å². The van der Waals surface area contributed by atoms with Gasteiger partial charge in [-0.2, -0.15) is 0 Å². The molecule has 21 heavy (non-hydrogen) atoms. The van der Waals surface area contributed by atoms with Crippen molar-refractivity contribution in [1.29, 1.82) is 0 Å². The van der Waals surface area contributed by atoms with Crippen molar-refractivity contribution in [2.75, 3.05) is 20.3 Å². The molecule has 1 atom stereocenters. The zero-order chi connectivity index (χ0) is 15.8. The van der Waals surface area contributed by atoms with Crippen LogP contribution in [0.15, 0.2) is 24.3 Å². The summed E-state index contributed by atoms with van der Waals surface area (Å²) in [5.74, 6) is -1.87. The first kappa shape index (κ1) is 16.4. The van der Waals surface area contributed by atoms with Crippen LogP contribution in [0.3, 0.4) is 0 Å². The molecule has 114 valence electrons. The number of carbonyl (C=O) groups is 2. The topological polar surface area (TPSA) is 128 Å². The van der Waals surface area contributed by atoms with Gasteiger partial charge in [0.2, 0.25) is 0 Å². The Hall–Kier alpha value is -2.68. The van der Waals surface area contributed by atoms with Gasteiger partial charge in [0.05, 0.1) is 11.5 Å². The summed E-state index contributed by atoms with van der Waals surface area (Å²) >= 11 is 0. The van der Waals surface area contributed by atoms with E-state index < -0.39 is 29.5 Å². The van der Waals surface area contributed by atoms with Gasteiger partial charge in [0.15, 0.2) is 18.5 Å². The number of hydrogen-bond donors (Lipinski definition) is 2. The number of para-hydroxylation sites is 2. The summed E-state index contributed by atoms with van der Waals surface area (Å²) in [6.45, 7) is -0.703. The predicted octanol–water partition coefficient (Wildman–Crippen LogP) is 0.189. The average Bonchev–Trinajstić information content (AvgIpc) is 2.45. The van der Waals surface area contributed by atoms with Crippen molar-refractivity contribution in [3.05, 3.63) is 34.4 Å². The van der Waals surface area contributed by atoms with Crippen molar-refractivity contribution in [3.63, 3.8) is 0 Å². The van der Waals surface area contributed by atoms with Crippen LogP contribution in [0, 0.1) is 10.1 Å². The molecule has 0 aliphatic carbocycles. The van der Waals surface area contributed by atoms with Crippen molar-refractivity contribution < 1.29 is 29.1 Å². The van der Waals surface area contributed by atoms with Crippen LogP contribution in [-0.2, 0) is 14.3 Å². The van der Waals surface area contributed by atoms with E-state index in [0.29, 0.717) is 0 Å². The number of benzene rings is 1. The molecule has 9 nitrogen and oxygen atoms in total. The highest BCUT2D eigenvalue weighted by Crippen LogP contribution is 2.25. The fourth-order valence-corrected chi connectivity index (χ4v) is 1.40. The van der Waals surface area contributed by atoms with Crippen LogP contribution in [0.1, 0.15) is 0 Å². The molecular weight excluding hydrogens is 284 g/mol. The van der Waals surface area contributed by atoms with Gasteiger partial charge in [-0.1, -0.05) is 12.1 Å². The summed E-state index contributed by atoms with van der Waals surface area (Å²) in [6.07, 6.45) is -1.17. The Morgan fingerprint density at radius 3 is 2.67 bits per heavy atom. The van der Waals surface area contributed by atoms with Gasteiger partial charge < -0.3 is 19.9 Å². The normalized spacial score (nSPS) is 11.5. The molecule has 9 heteroatoms. The molecule has 0 radical (unpaired) electrons. The monoisotopic (exact) mass is 298 g/mol. The smallest absolute Gasteiger partial charge is 0.334 e. The third-order valence-corrected chi connectivity index (χ3v) is 2.47. The molecule has 0 saturated heterocycles. The molecule has 1 amide bonds. The molecule has 1 unspecified atom stereocenters. The van der Waals surface area contributed by atoms with Gasteiger partial charge in [0.1, 0.15) is 0 Å². The third-order valence-electron chi connectivity index (χ3n) is 2.47. The maximum atomic E-state index is 11.5. The van der Waals surface area contributed by atoms with Crippen molar-refractivity contribution in [3.8, 4) is 5.75 Å². The lowest BCUT2D eigenvalue weighted by atomic mass is 10.3. The summed E-state index contributed by atoms with van der Waals surface area (Å²) in [5.41, 5.74) is -0.259. The molecular formula is C12H14N2O7. The molecule has 0 bridgehead atoms. The number of nitrogens with zero attached hydrogens (tertiary/aromatic N) is 1. The largest absolute Gasteiger partial charge is 0.479 e. The molecule has 0 aromatic heterocycles. The molecule has 1 aromatic carbocycles. The van der Waals surface area contributed by atoms with Crippen LogP contribution in [0.25, 0.3) is 0 Å². The molecule has 0 aliphatic rings. The number of nitro benzene ring substituents is 1. The molecule has 1 aromatic rings. The summed E-state index contributed by atoms with van der Waals surface area (Å²) in [6, 6.07) is 5.62. The van der Waals surface area contributed by atoms with Crippen molar-refractivity contribution in [1.82, 2.24) is 5.32 Å². The second-order valence-electron chi connectivity index (χ2n) is 3.88. The molecule has 1 rings (SSSR count). The number of carbonyl (C=O) groups excluding carboxylic acids is 1. The van der Waals surface area contributed by atoms with E-state index in [1.807, 2.05) is 0 Å². The lowest BCUT2D eigenvalue weighted by molar-refractivity contribution is -0.385. The SMILES string of the molecule is COC(CNC(=O)COc1ccccc1[N+](=O)[O-])C(=O)O. The maximum Gasteiger partial charge on any atom is 0.334 e. The van der Waals surface area contributed by atoms with Crippen molar-refractivity contribution >= 4 is 17.6 Å². The fraction of sp³-hybridized carbons (Fsp3) is 0.333. The van der Waals surface area contributed by atoms with E-state index in [-0.39, 0.29) is 18.0 Å². The fourth-order valence-electron chi connectivity index (χ4n) is 1.40. The Morgan fingerprint density at radius 1 is 1.43 bits per heavy atom. The van der Waals surface area contributed by atoms with E-state index in [2.05, 4.69) is 10.1 Å². The van der Waals surface area contributed by atoms with E-state index in [1.165, 1.54) is 31.4 Å². The second kappa shape index (κ2) is 7.80. The van der Waals surface area contributed by atoms with Crippen LogP contribution in [0.4, 0.5) is 5.69 Å². The molecule has 0 aliphatic heterocycles. The van der Waals surface area contributed by atoms with E-state index in [0.717, 1.165) is 0 Å². The number of amides is 1. The van der Waals surface area contributed by atoms with E-state index in [9.17, 15) is 19.7 Å². The summed E-state index contributed by atoms with van der Waals surface area (Å²) in [5, 5.41) is 21.7. The highest BCUT2D eigenvalue weighted by molar-refractivity contribution is 5.79. The zero-order valence-electron chi connectivity index (χ0n) is 11.1. The number of nitro groups is 1. The number of nitrogens with one attached hydrogen (secondary N) is 1. The minimum atomic E-state index is -1.21. The third kappa shape index (κ3) is 5.07. The number of methoxy groups -OCH3 is 1. The highest BCUT2D eigenvalue weighted by atomic mass is 16.6. The maximum absolute atomic E-state index is 11.5. The number of rotatable bonds is 8. The Balaban J connectivity index is 2.50. The van der Waals surface area contributed by atoms with Gasteiger partial charge in [-0.05, 0) is 6.07 Å². The summed E-state index contributed by atoms with van der Waals surface area (Å²) < 4.78 is 9.68. The first-order valence-electron chi connectivity index (χ1n) is 5.84. The number of hydrogen-bond acceptors (Lipinski definition) is 6. The molecule has 0 heterocycles. The predicted molar refractivity (Wildman–Crippen MR) is 70.0 cm³/mol. The number of aliphatic carboxylic acids is 1. The van der Waals surface area contributed by atoms with Gasteiger partial charge >= 0.3 is 11.7 Å². The Morgan fingerprint density at radius 2 is 2.10 bits per heavy atom. The van der Waals surface area contributed by atoms with Crippen LogP contribution >= 0.6 is 0 Å². The van der Waals surface area contributed by atoms with Gasteiger partial charge in [0.25, 0.3) is 5.91 Å². The van der Waals surface area contributed by atoms with E-state index in [4.69, 9.17) is 9.84 Å². The van der Waals surface area contributed by atoms with Gasteiger partial charge in [-0.3, -0.25) is 14.9 Å². The van der Waals surface area contributed by atoms with Crippen LogP contribution in [0.5, 0.6) is 5.75 Å². The highest BCUT2D eigenvalue weighted by Gasteiger charge is 2.18. The summed E-state index contributed by atoms with van der Waals surface area (Å²) in [7, 11) is 1.20. The first-order chi connectivity index (χ1) is 9.95. The average molecular weight is 298 g/mol. The van der Waals surface area contributed by atoms with Crippen molar-refractivity contribution in [2.24, 2.45) is 0 Å². The Labute approximate surface area is 119 Å². The van der Waals surface area contributed by atoms with Crippen LogP contribution < -0.4 is 10.1 Å². The number of carboxylic acids is 1. The first-order valence-corrected chi connectivity index (χ1v) is 5.84. The van der Waals surface area contributed by atoms with Gasteiger partial charge in [-0.15, -0.1) is 0 Å². The molecule has 2 N–H and O–H groups in total. The standard InChI is InChI=1S/C12H14N2O7/c1-20-10(12(16)17)6-13-11(15)7-21-9-5-3-2-4-8(9)14(18)19/h2-5,10H,6-7H2,1H3,(H,13,15)(H,16,17). The molecule has 0 spiro atoms. The Bertz CT molecular complexity index is 532. The lowest BCUT2D eigenvalue weighted by Crippen LogP contribution is -2.39. The molecule has 0 saturated carbocycles. The van der Waals surface area contributed by atoms with Crippen LogP contribution in [0.2, 0.25) is 0 Å². The number of ether oxygens (including phenoxy) is 2. The quantitative estimate of drug-likeness (QED) is 0.517. The van der Waals surface area contributed by atoms with Crippen molar-refractivity contribution in [2.45, 2.75) is 6.10 Å². The van der Waals surface area contributed by atoms with E-state index >= 15 is 0 Å². The lowest BCUT2D eigenvalue weighted by Gasteiger charge is -2.12. The Kier molecular flexibility index (Phi) is 6.08. The summed E-state index contributed by atoms with van der Waals surface area (Å²) in [4.78, 5) is 32.3. The molecule has 0 fully saturated rings. The van der Waals surface area contributed by atoms with Crippen LogP contribution in [-0.4, -0.2) is 48.3 Å². The second-order valence-corrected chi connectivity index (χ2v) is 3.88. The minimum absolute atomic E-state index is 0.0424. The zero-order valence-corrected chi connectivity index (χ0v) is 11.1. The number of carboxylic acid groups (broad SMARTS) is 1. The minimum Gasteiger partial charge on any atom is -0.479 e. The van der Waals surface area contributed by atoms with Gasteiger partial charge in [0, 0.05) is 13.2 Å².